The van der Waals surface area contributed by atoms with E-state index < -0.39 is 0 Å². The molecule has 2 aliphatic rings. The molecule has 4 nitrogen and oxygen atoms in total. The van der Waals surface area contributed by atoms with Crippen LogP contribution in [0.2, 0.25) is 0 Å². The topological polar surface area (TPSA) is 42.7 Å². The molecule has 0 spiro atoms. The van der Waals surface area contributed by atoms with Crippen molar-refractivity contribution in [2.45, 2.75) is 44.3 Å². The summed E-state index contributed by atoms with van der Waals surface area (Å²) in [6.45, 7) is 1.80. The predicted octanol–water partition coefficient (Wildman–Crippen LogP) is 1.87. The van der Waals surface area contributed by atoms with Crippen LogP contribution in [0.3, 0.4) is 0 Å². The first kappa shape index (κ1) is 11.2. The van der Waals surface area contributed by atoms with E-state index in [4.69, 9.17) is 0 Å². The molecule has 1 N–H and O–H groups in total. The molecule has 0 bridgehead atoms. The number of nitrogens with zero attached hydrogens (tertiary/aromatic N) is 3. The van der Waals surface area contributed by atoms with Gasteiger partial charge in [0, 0.05) is 31.2 Å². The van der Waals surface area contributed by atoms with Crippen molar-refractivity contribution in [1.82, 2.24) is 20.3 Å². The normalized spacial score (nSPS) is 20.9. The Kier molecular flexibility index (Phi) is 2.62. The smallest absolute Gasteiger partial charge is 0.0964 e. The van der Waals surface area contributed by atoms with Gasteiger partial charge in [0.05, 0.1) is 5.69 Å². The van der Waals surface area contributed by atoms with Gasteiger partial charge in [-0.1, -0.05) is 29.5 Å². The lowest BCUT2D eigenvalue weighted by atomic mass is 9.78. The molecular formula is C15H18N4. The number of benzene rings is 1. The van der Waals surface area contributed by atoms with Gasteiger partial charge in [-0.15, -0.1) is 5.10 Å². The molecule has 0 saturated heterocycles. The van der Waals surface area contributed by atoms with Gasteiger partial charge in [-0.25, -0.2) is 0 Å². The highest BCUT2D eigenvalue weighted by atomic mass is 15.4. The third-order valence-corrected chi connectivity index (χ3v) is 4.10. The molecule has 98 valence electrons. The summed E-state index contributed by atoms with van der Waals surface area (Å²) in [5.41, 5.74) is 4.03. The fraction of sp³-hybridized carbons (Fsp3) is 0.467. The number of nitrogens with one attached hydrogen (secondary N) is 1. The lowest BCUT2D eigenvalue weighted by molar-refractivity contribution is 0.465. The molecule has 1 unspecified atom stereocenters. The fourth-order valence-corrected chi connectivity index (χ4v) is 2.80. The average molecular weight is 254 g/mol. The Labute approximate surface area is 112 Å². The van der Waals surface area contributed by atoms with Crippen molar-refractivity contribution in [2.75, 3.05) is 0 Å². The highest BCUT2D eigenvalue weighted by molar-refractivity contribution is 5.39. The van der Waals surface area contributed by atoms with Crippen LogP contribution in [-0.2, 0) is 19.5 Å². The van der Waals surface area contributed by atoms with Gasteiger partial charge >= 0.3 is 0 Å². The van der Waals surface area contributed by atoms with Crippen molar-refractivity contribution in [1.29, 1.82) is 0 Å². The molecule has 1 aromatic carbocycles. The summed E-state index contributed by atoms with van der Waals surface area (Å²) in [5.74, 6) is 0.613. The molecule has 0 radical (unpaired) electrons. The van der Waals surface area contributed by atoms with E-state index in [-0.39, 0.29) is 0 Å². The Morgan fingerprint density at radius 3 is 3.00 bits per heavy atom. The van der Waals surface area contributed by atoms with Crippen molar-refractivity contribution in [3.63, 3.8) is 0 Å². The monoisotopic (exact) mass is 254 g/mol. The van der Waals surface area contributed by atoms with Gasteiger partial charge in [-0.2, -0.15) is 0 Å². The molecule has 1 aromatic heterocycles. The molecule has 1 atom stereocenters. The van der Waals surface area contributed by atoms with Gasteiger partial charge in [0.25, 0.3) is 0 Å². The number of fused-ring (bicyclic) bond motifs is 1. The minimum absolute atomic E-state index is 0.613. The van der Waals surface area contributed by atoms with Gasteiger partial charge in [0.1, 0.15) is 0 Å². The standard InChI is InChI=1S/C15H18N4/c1-2-4-15-11(3-1)7-12(15)9-19-10-14(17-18-19)8-16-13-5-6-13/h1-4,10,12-13,16H,5-9H2. The first-order valence-electron chi connectivity index (χ1n) is 7.09. The second-order valence-electron chi connectivity index (χ2n) is 5.69. The summed E-state index contributed by atoms with van der Waals surface area (Å²) >= 11 is 0. The number of hydrogen-bond donors (Lipinski definition) is 1. The van der Waals surface area contributed by atoms with E-state index in [1.54, 1.807) is 0 Å². The van der Waals surface area contributed by atoms with Gasteiger partial charge in [-0.05, 0) is 30.4 Å². The van der Waals surface area contributed by atoms with Crippen LogP contribution in [0.4, 0.5) is 0 Å². The van der Waals surface area contributed by atoms with E-state index >= 15 is 0 Å². The summed E-state index contributed by atoms with van der Waals surface area (Å²) in [6, 6.07) is 9.42. The second kappa shape index (κ2) is 4.46. The maximum absolute atomic E-state index is 4.24. The number of hydrogen-bond acceptors (Lipinski definition) is 3. The lowest BCUT2D eigenvalue weighted by Crippen LogP contribution is -2.22. The summed E-state index contributed by atoms with van der Waals surface area (Å²) in [7, 11) is 0. The number of aromatic nitrogens is 3. The first-order chi connectivity index (χ1) is 9.38. The zero-order valence-electron chi connectivity index (χ0n) is 10.9. The maximum Gasteiger partial charge on any atom is 0.0964 e. The van der Waals surface area contributed by atoms with E-state index in [0.29, 0.717) is 5.92 Å². The van der Waals surface area contributed by atoms with Gasteiger partial charge in [-0.3, -0.25) is 4.68 Å². The first-order valence-corrected chi connectivity index (χ1v) is 7.09. The Morgan fingerprint density at radius 2 is 2.16 bits per heavy atom. The molecule has 0 amide bonds. The zero-order chi connectivity index (χ0) is 12.7. The summed E-state index contributed by atoms with van der Waals surface area (Å²) in [4.78, 5) is 0. The van der Waals surface area contributed by atoms with Crippen molar-refractivity contribution in [2.24, 2.45) is 0 Å². The molecular weight excluding hydrogens is 236 g/mol. The van der Waals surface area contributed by atoms with E-state index in [2.05, 4.69) is 46.1 Å². The van der Waals surface area contributed by atoms with Crippen LogP contribution in [0.5, 0.6) is 0 Å². The van der Waals surface area contributed by atoms with Crippen molar-refractivity contribution in [3.8, 4) is 0 Å². The van der Waals surface area contributed by atoms with E-state index in [1.165, 1.54) is 30.4 Å². The van der Waals surface area contributed by atoms with Crippen LogP contribution in [0, 0.1) is 0 Å². The molecule has 1 saturated carbocycles. The molecule has 19 heavy (non-hydrogen) atoms. The van der Waals surface area contributed by atoms with Crippen LogP contribution >= 0.6 is 0 Å². The van der Waals surface area contributed by atoms with Gasteiger partial charge in [0.2, 0.25) is 0 Å². The molecule has 2 aromatic rings. The third-order valence-electron chi connectivity index (χ3n) is 4.10. The Hall–Kier alpha value is -1.68. The van der Waals surface area contributed by atoms with E-state index in [1.807, 2.05) is 4.68 Å². The lowest BCUT2D eigenvalue weighted by Gasteiger charge is -2.29. The SMILES string of the molecule is c1ccc2c(c1)CC2Cn1cc(CNC2CC2)nn1. The van der Waals surface area contributed by atoms with Gasteiger partial charge < -0.3 is 5.32 Å². The minimum Gasteiger partial charge on any atom is -0.308 e. The molecule has 2 aliphatic carbocycles. The molecule has 0 aliphatic heterocycles. The summed E-state index contributed by atoms with van der Waals surface area (Å²) in [5, 5.41) is 11.9. The highest BCUT2D eigenvalue weighted by Crippen LogP contribution is 2.35. The average Bonchev–Trinajstić information content (AvgIpc) is 3.13. The van der Waals surface area contributed by atoms with Gasteiger partial charge in [0.15, 0.2) is 0 Å². The number of rotatable bonds is 5. The summed E-state index contributed by atoms with van der Waals surface area (Å²) < 4.78 is 1.99. The van der Waals surface area contributed by atoms with Crippen LogP contribution < -0.4 is 5.32 Å². The Morgan fingerprint density at radius 1 is 1.26 bits per heavy atom. The Bertz CT molecular complexity index is 585. The quantitative estimate of drug-likeness (QED) is 0.885. The maximum atomic E-state index is 4.24. The van der Waals surface area contributed by atoms with Crippen molar-refractivity contribution >= 4 is 0 Å². The highest BCUT2D eigenvalue weighted by Gasteiger charge is 2.26. The largest absolute Gasteiger partial charge is 0.308 e. The minimum atomic E-state index is 0.613. The molecule has 1 heterocycles. The molecule has 4 rings (SSSR count). The van der Waals surface area contributed by atoms with Crippen LogP contribution in [-0.4, -0.2) is 21.0 Å². The molecule has 1 fully saturated rings. The fourth-order valence-electron chi connectivity index (χ4n) is 2.80. The van der Waals surface area contributed by atoms with Crippen LogP contribution in [0.25, 0.3) is 0 Å². The van der Waals surface area contributed by atoms with Crippen LogP contribution in [0.1, 0.15) is 35.6 Å². The van der Waals surface area contributed by atoms with Crippen molar-refractivity contribution in [3.05, 3.63) is 47.3 Å². The zero-order valence-corrected chi connectivity index (χ0v) is 10.9. The summed E-state index contributed by atoms with van der Waals surface area (Å²) in [6.07, 6.45) is 5.88. The van der Waals surface area contributed by atoms with Crippen LogP contribution in [0.15, 0.2) is 30.5 Å². The third kappa shape index (κ3) is 2.28. The molecule has 4 heteroatoms. The Balaban J connectivity index is 1.38. The van der Waals surface area contributed by atoms with Crippen molar-refractivity contribution < 1.29 is 0 Å². The predicted molar refractivity (Wildman–Crippen MR) is 72.8 cm³/mol. The second-order valence-corrected chi connectivity index (χ2v) is 5.69. The van der Waals surface area contributed by atoms with E-state index in [0.717, 1.165) is 24.8 Å². The van der Waals surface area contributed by atoms with E-state index in [9.17, 15) is 0 Å².